The normalized spacial score (nSPS) is 17.5. The average molecular weight is 415 g/mol. The van der Waals surface area contributed by atoms with Crippen molar-refractivity contribution in [3.05, 3.63) is 89.9 Å². The first kappa shape index (κ1) is 18.9. The summed E-state index contributed by atoms with van der Waals surface area (Å²) in [6.07, 6.45) is 2.23. The van der Waals surface area contributed by atoms with Crippen molar-refractivity contribution in [2.24, 2.45) is 0 Å². The predicted octanol–water partition coefficient (Wildman–Crippen LogP) is 4.28. The van der Waals surface area contributed by atoms with Crippen LogP contribution in [0.5, 0.6) is 5.75 Å². The molecule has 0 aliphatic carbocycles. The van der Waals surface area contributed by atoms with Gasteiger partial charge < -0.3 is 14.5 Å². The van der Waals surface area contributed by atoms with Gasteiger partial charge in [0.25, 0.3) is 11.9 Å². The molecule has 0 spiro atoms. The molecule has 1 amide bonds. The van der Waals surface area contributed by atoms with Gasteiger partial charge in [0.05, 0.1) is 25.5 Å². The second-order valence-corrected chi connectivity index (χ2v) is 7.27. The Balaban J connectivity index is 1.48. The molecule has 0 fully saturated rings. The molecule has 1 aliphatic heterocycles. The summed E-state index contributed by atoms with van der Waals surface area (Å²) >= 11 is 0. The Labute approximate surface area is 178 Å². The Morgan fingerprint density at radius 3 is 2.61 bits per heavy atom. The number of ether oxygens (including phenoxy) is 1. The van der Waals surface area contributed by atoms with Gasteiger partial charge in [-0.05, 0) is 41.8 Å². The minimum absolute atomic E-state index is 0.0291. The lowest BCUT2D eigenvalue weighted by molar-refractivity contribution is 0.0995. The Kier molecular flexibility index (Phi) is 4.87. The predicted molar refractivity (Wildman–Crippen MR) is 115 cm³/mol. The maximum Gasteiger partial charge on any atom is 0.293 e. The lowest BCUT2D eigenvalue weighted by Gasteiger charge is -2.31. The van der Waals surface area contributed by atoms with E-state index < -0.39 is 5.91 Å². The molecule has 8 nitrogen and oxygen atoms in total. The number of carbonyl (C=O) groups is 1. The first-order chi connectivity index (χ1) is 15.2. The van der Waals surface area contributed by atoms with Gasteiger partial charge in [0.2, 0.25) is 5.95 Å². The van der Waals surface area contributed by atoms with Crippen molar-refractivity contribution >= 4 is 17.8 Å². The topological polar surface area (TPSA) is 94.2 Å². The van der Waals surface area contributed by atoms with Crippen LogP contribution in [0, 0.1) is 0 Å². The van der Waals surface area contributed by atoms with Crippen LogP contribution in [0.25, 0.3) is 0 Å². The fraction of sp³-hybridized carbons (Fsp3) is 0.174. The van der Waals surface area contributed by atoms with Crippen LogP contribution < -0.4 is 15.4 Å². The van der Waals surface area contributed by atoms with Gasteiger partial charge in [-0.25, -0.2) is 4.68 Å². The molecule has 2 N–H and O–H groups in total. The second-order valence-electron chi connectivity index (χ2n) is 7.27. The minimum atomic E-state index is -0.393. The van der Waals surface area contributed by atoms with E-state index in [-0.39, 0.29) is 23.8 Å². The van der Waals surface area contributed by atoms with Gasteiger partial charge in [0.15, 0.2) is 5.76 Å². The van der Waals surface area contributed by atoms with Crippen LogP contribution in [-0.4, -0.2) is 27.8 Å². The summed E-state index contributed by atoms with van der Waals surface area (Å²) in [5.74, 6) is 1.44. The zero-order valence-electron chi connectivity index (χ0n) is 16.9. The van der Waals surface area contributed by atoms with E-state index in [1.165, 1.54) is 6.26 Å². The number of carbonyl (C=O) groups excluding carboxylic acids is 1. The highest BCUT2D eigenvalue weighted by atomic mass is 16.5. The Bertz CT molecular complexity index is 1170. The number of rotatable bonds is 5. The Morgan fingerprint density at radius 1 is 1.10 bits per heavy atom. The van der Waals surface area contributed by atoms with Crippen molar-refractivity contribution in [3.8, 4) is 5.75 Å². The third kappa shape index (κ3) is 3.75. The third-order valence-corrected chi connectivity index (χ3v) is 5.36. The van der Waals surface area contributed by atoms with E-state index in [1.54, 1.807) is 19.2 Å². The molecule has 31 heavy (non-hydrogen) atoms. The number of nitrogens with one attached hydrogen (secondary N) is 2. The Morgan fingerprint density at radius 2 is 1.90 bits per heavy atom. The van der Waals surface area contributed by atoms with Crippen LogP contribution in [0.2, 0.25) is 0 Å². The summed E-state index contributed by atoms with van der Waals surface area (Å²) in [7, 11) is 1.65. The zero-order valence-corrected chi connectivity index (χ0v) is 16.9. The molecule has 5 rings (SSSR count). The molecule has 4 aromatic rings. The van der Waals surface area contributed by atoms with Gasteiger partial charge in [-0.15, -0.1) is 5.10 Å². The van der Waals surface area contributed by atoms with E-state index in [0.29, 0.717) is 5.95 Å². The number of aromatic nitrogens is 3. The van der Waals surface area contributed by atoms with E-state index in [4.69, 9.17) is 9.15 Å². The zero-order chi connectivity index (χ0) is 21.2. The maximum absolute atomic E-state index is 12.4. The third-order valence-electron chi connectivity index (χ3n) is 5.36. The maximum atomic E-state index is 12.4. The number of hydrogen-bond acceptors (Lipinski definition) is 6. The van der Waals surface area contributed by atoms with Crippen LogP contribution >= 0.6 is 0 Å². The highest BCUT2D eigenvalue weighted by Crippen LogP contribution is 2.38. The summed E-state index contributed by atoms with van der Waals surface area (Å²) in [5, 5.41) is 10.7. The number of fused-ring (bicyclic) bond motifs is 1. The quantitative estimate of drug-likeness (QED) is 0.505. The van der Waals surface area contributed by atoms with E-state index in [9.17, 15) is 4.79 Å². The Hall–Kier alpha value is -4.07. The first-order valence-corrected chi connectivity index (χ1v) is 9.98. The van der Waals surface area contributed by atoms with Crippen molar-refractivity contribution in [3.63, 3.8) is 0 Å². The van der Waals surface area contributed by atoms with Crippen LogP contribution in [0.1, 0.15) is 40.2 Å². The number of benzene rings is 2. The summed E-state index contributed by atoms with van der Waals surface area (Å²) in [5.41, 5.74) is 2.25. The molecule has 3 heterocycles. The fourth-order valence-corrected chi connectivity index (χ4v) is 3.81. The van der Waals surface area contributed by atoms with E-state index in [2.05, 4.69) is 32.8 Å². The summed E-state index contributed by atoms with van der Waals surface area (Å²) < 4.78 is 12.3. The van der Waals surface area contributed by atoms with Crippen LogP contribution in [0.4, 0.5) is 11.9 Å². The number of methoxy groups -OCH3 is 1. The monoisotopic (exact) mass is 415 g/mol. The molecule has 0 saturated carbocycles. The highest BCUT2D eigenvalue weighted by molar-refractivity contribution is 6.01. The molecule has 0 radical (unpaired) electrons. The number of furan rings is 1. The fourth-order valence-electron chi connectivity index (χ4n) is 3.81. The van der Waals surface area contributed by atoms with Crippen LogP contribution in [-0.2, 0) is 0 Å². The largest absolute Gasteiger partial charge is 0.497 e. The number of hydrogen-bond donors (Lipinski definition) is 2. The molecule has 0 unspecified atom stereocenters. The number of anilines is 2. The first-order valence-electron chi connectivity index (χ1n) is 9.98. The van der Waals surface area contributed by atoms with Gasteiger partial charge in [0.1, 0.15) is 5.75 Å². The molecule has 2 atom stereocenters. The number of nitrogens with zero attached hydrogens (tertiary/aromatic N) is 3. The van der Waals surface area contributed by atoms with Crippen LogP contribution in [0.3, 0.4) is 0 Å². The summed E-state index contributed by atoms with van der Waals surface area (Å²) in [4.78, 5) is 16.9. The van der Waals surface area contributed by atoms with Crippen molar-refractivity contribution in [2.75, 3.05) is 17.7 Å². The molecule has 0 saturated heterocycles. The smallest absolute Gasteiger partial charge is 0.293 e. The molecular formula is C23H21N5O3. The minimum Gasteiger partial charge on any atom is -0.497 e. The van der Waals surface area contributed by atoms with Crippen LogP contribution in [0.15, 0.2) is 77.4 Å². The average Bonchev–Trinajstić information content (AvgIpc) is 3.49. The van der Waals surface area contributed by atoms with Gasteiger partial charge in [-0.2, -0.15) is 4.98 Å². The molecule has 2 aromatic carbocycles. The molecule has 2 aromatic heterocycles. The van der Waals surface area contributed by atoms with E-state index >= 15 is 0 Å². The molecular weight excluding hydrogens is 394 g/mol. The van der Waals surface area contributed by atoms with Crippen molar-refractivity contribution < 1.29 is 13.9 Å². The standard InChI is InChI=1S/C23H21N5O3/c1-30-17-11-9-15(10-12-17)18-14-19(16-6-3-2-4-7-16)28-23(24-18)26-22(27-28)25-21(29)20-8-5-13-31-20/h2-13,18-19H,14H2,1H3,(H2,24,25,26,27,29)/t18-,19-/m0/s1. The molecule has 156 valence electrons. The summed E-state index contributed by atoms with van der Waals surface area (Å²) in [6, 6.07) is 21.4. The van der Waals surface area contributed by atoms with E-state index in [1.807, 2.05) is 47.1 Å². The van der Waals surface area contributed by atoms with Crippen molar-refractivity contribution in [2.45, 2.75) is 18.5 Å². The summed E-state index contributed by atoms with van der Waals surface area (Å²) in [6.45, 7) is 0. The second kappa shape index (κ2) is 7.98. The lowest BCUT2D eigenvalue weighted by Crippen LogP contribution is -2.28. The van der Waals surface area contributed by atoms with E-state index in [0.717, 1.165) is 23.3 Å². The van der Waals surface area contributed by atoms with Crippen molar-refractivity contribution in [1.29, 1.82) is 0 Å². The molecule has 1 aliphatic rings. The SMILES string of the molecule is COc1ccc([C@@H]2C[C@@H](c3ccccc3)n3nc(NC(=O)c4ccco4)nc3N2)cc1. The van der Waals surface area contributed by atoms with Gasteiger partial charge in [0, 0.05) is 0 Å². The van der Waals surface area contributed by atoms with Gasteiger partial charge >= 0.3 is 0 Å². The lowest BCUT2D eigenvalue weighted by atomic mass is 9.93. The molecule has 0 bridgehead atoms. The highest BCUT2D eigenvalue weighted by Gasteiger charge is 2.31. The van der Waals surface area contributed by atoms with Crippen molar-refractivity contribution in [1.82, 2.24) is 14.8 Å². The van der Waals surface area contributed by atoms with Gasteiger partial charge in [-0.3, -0.25) is 10.1 Å². The number of amides is 1. The molecule has 8 heteroatoms. The van der Waals surface area contributed by atoms with Gasteiger partial charge in [-0.1, -0.05) is 42.5 Å².